The van der Waals surface area contributed by atoms with E-state index >= 15 is 0 Å². The van der Waals surface area contributed by atoms with Gasteiger partial charge in [-0.25, -0.2) is 9.59 Å². The summed E-state index contributed by atoms with van der Waals surface area (Å²) in [6.07, 6.45) is 1.23. The fourth-order valence-corrected chi connectivity index (χ4v) is 3.51. The number of unbranched alkanes of at least 4 members (excludes halogenated alkanes) is 1. The van der Waals surface area contributed by atoms with Crippen LogP contribution in [-0.4, -0.2) is 71.2 Å². The Morgan fingerprint density at radius 1 is 0.789 bits per heavy atom. The lowest BCUT2D eigenvalue weighted by Crippen LogP contribution is -2.56. The van der Waals surface area contributed by atoms with Crippen LogP contribution in [0, 0.1) is 11.8 Å². The molecule has 12 nitrogen and oxygen atoms in total. The Kier molecular flexibility index (Phi) is 15.6. The van der Waals surface area contributed by atoms with E-state index in [1.807, 2.05) is 27.7 Å². The number of alkyl carbamates (subject to hydrolysis) is 1. The quantitative estimate of drug-likeness (QED) is 0.158. The van der Waals surface area contributed by atoms with Gasteiger partial charge < -0.3 is 36.8 Å². The molecule has 0 aromatic heterocycles. The predicted octanol–water partition coefficient (Wildman–Crippen LogP) is 1.66. The highest BCUT2D eigenvalue weighted by atomic mass is 16.6. The maximum absolute atomic E-state index is 12.9. The first-order chi connectivity index (χ1) is 17.4. The molecule has 4 unspecified atom stereocenters. The minimum atomic E-state index is -1.20. The maximum Gasteiger partial charge on any atom is 0.407 e. The zero-order valence-corrected chi connectivity index (χ0v) is 24.2. The normalized spacial score (nSPS) is 14.7. The number of aliphatic carboxylic acids is 1. The molecule has 4 atom stereocenters. The van der Waals surface area contributed by atoms with Crippen molar-refractivity contribution in [2.24, 2.45) is 17.6 Å². The Labute approximate surface area is 226 Å². The summed E-state index contributed by atoms with van der Waals surface area (Å²) in [4.78, 5) is 61.4. The molecule has 0 aliphatic heterocycles. The topological polar surface area (TPSA) is 189 Å². The van der Waals surface area contributed by atoms with E-state index in [9.17, 15) is 29.1 Å². The van der Waals surface area contributed by atoms with E-state index in [-0.39, 0.29) is 24.7 Å². The zero-order chi connectivity index (χ0) is 29.6. The molecule has 220 valence electrons. The molecule has 0 aromatic carbocycles. The number of amides is 4. The number of nitrogens with two attached hydrogens (primary N) is 1. The minimum Gasteiger partial charge on any atom is -0.480 e. The molecule has 4 amide bonds. The summed E-state index contributed by atoms with van der Waals surface area (Å²) in [5.41, 5.74) is 5.26. The summed E-state index contributed by atoms with van der Waals surface area (Å²) >= 11 is 0. The van der Waals surface area contributed by atoms with Crippen molar-refractivity contribution in [3.05, 3.63) is 0 Å². The molecule has 0 spiro atoms. The van der Waals surface area contributed by atoms with E-state index in [0.717, 1.165) is 0 Å². The first-order valence-corrected chi connectivity index (χ1v) is 13.3. The second kappa shape index (κ2) is 16.8. The molecule has 0 aliphatic rings. The van der Waals surface area contributed by atoms with Crippen LogP contribution in [0.3, 0.4) is 0 Å². The molecule has 0 heterocycles. The van der Waals surface area contributed by atoms with Crippen LogP contribution in [-0.2, 0) is 23.9 Å². The highest BCUT2D eigenvalue weighted by Gasteiger charge is 2.29. The number of carboxylic acids is 1. The van der Waals surface area contributed by atoms with Crippen LogP contribution in [0.4, 0.5) is 4.79 Å². The van der Waals surface area contributed by atoms with Crippen LogP contribution in [0.25, 0.3) is 0 Å². The van der Waals surface area contributed by atoms with Crippen molar-refractivity contribution < 1.29 is 33.8 Å². The molecule has 12 heteroatoms. The van der Waals surface area contributed by atoms with Gasteiger partial charge in [-0.2, -0.15) is 0 Å². The average Bonchev–Trinajstić information content (AvgIpc) is 2.75. The zero-order valence-electron chi connectivity index (χ0n) is 24.2. The lowest BCUT2D eigenvalue weighted by atomic mass is 10.0. The molecule has 0 aromatic rings. The van der Waals surface area contributed by atoms with Crippen molar-refractivity contribution in [1.29, 1.82) is 0 Å². The SMILES string of the molecule is CC(C)CC(N)C(=O)NC(C)C(=O)NC(CC(C)C)C(=O)NC(CCCCNC(=O)OC(C)(C)C)C(=O)O. The summed E-state index contributed by atoms with van der Waals surface area (Å²) in [6, 6.07) is -3.84. The number of rotatable bonds is 16. The van der Waals surface area contributed by atoms with Gasteiger partial charge in [0.05, 0.1) is 6.04 Å². The molecule has 0 radical (unpaired) electrons. The first kappa shape index (κ1) is 35.1. The molecule has 0 saturated carbocycles. The van der Waals surface area contributed by atoms with Crippen LogP contribution in [0.15, 0.2) is 0 Å². The van der Waals surface area contributed by atoms with Gasteiger partial charge in [0.25, 0.3) is 0 Å². The number of carbonyl (C=O) groups excluding carboxylic acids is 4. The van der Waals surface area contributed by atoms with E-state index in [1.165, 1.54) is 6.92 Å². The van der Waals surface area contributed by atoms with E-state index in [1.54, 1.807) is 20.8 Å². The highest BCUT2D eigenvalue weighted by Crippen LogP contribution is 2.09. The van der Waals surface area contributed by atoms with Crippen molar-refractivity contribution in [2.45, 2.75) is 117 Å². The summed E-state index contributed by atoms with van der Waals surface area (Å²) in [7, 11) is 0. The molecule has 0 bridgehead atoms. The van der Waals surface area contributed by atoms with E-state index in [0.29, 0.717) is 25.8 Å². The summed E-state index contributed by atoms with van der Waals surface area (Å²) in [6.45, 7) is 14.7. The van der Waals surface area contributed by atoms with Crippen LogP contribution in [0.2, 0.25) is 0 Å². The number of nitrogens with one attached hydrogen (secondary N) is 4. The van der Waals surface area contributed by atoms with Crippen LogP contribution in [0.1, 0.15) is 87.5 Å². The lowest BCUT2D eigenvalue weighted by molar-refractivity contribution is -0.142. The standard InChI is InChI=1S/C26H49N5O7/c1-15(2)13-18(27)22(33)29-17(5)21(32)31-20(14-16(3)4)23(34)30-19(24(35)36)11-9-10-12-28-25(37)38-26(6,7)8/h15-20H,9-14,27H2,1-8H3,(H,28,37)(H,29,33)(H,30,34)(H,31,32)(H,35,36). The monoisotopic (exact) mass is 543 g/mol. The Balaban J connectivity index is 4.95. The van der Waals surface area contributed by atoms with Gasteiger partial charge in [0.2, 0.25) is 17.7 Å². The third-order valence-electron chi connectivity index (χ3n) is 5.36. The number of hydrogen-bond donors (Lipinski definition) is 6. The summed E-state index contributed by atoms with van der Waals surface area (Å²) in [5.74, 6) is -2.62. The first-order valence-electron chi connectivity index (χ1n) is 13.3. The van der Waals surface area contributed by atoms with Crippen LogP contribution < -0.4 is 27.0 Å². The van der Waals surface area contributed by atoms with E-state index < -0.39 is 59.6 Å². The molecule has 7 N–H and O–H groups in total. The lowest BCUT2D eigenvalue weighted by Gasteiger charge is -2.25. The molecule has 0 aliphatic carbocycles. The smallest absolute Gasteiger partial charge is 0.407 e. The number of ether oxygens (including phenoxy) is 1. The highest BCUT2D eigenvalue weighted by molar-refractivity contribution is 5.93. The van der Waals surface area contributed by atoms with E-state index in [4.69, 9.17) is 10.5 Å². The summed E-state index contributed by atoms with van der Waals surface area (Å²) in [5, 5.41) is 19.9. The van der Waals surface area contributed by atoms with Gasteiger partial charge in [0, 0.05) is 6.54 Å². The van der Waals surface area contributed by atoms with Crippen molar-refractivity contribution >= 4 is 29.8 Å². The Morgan fingerprint density at radius 3 is 1.84 bits per heavy atom. The van der Waals surface area contributed by atoms with Gasteiger partial charge in [-0.15, -0.1) is 0 Å². The van der Waals surface area contributed by atoms with Gasteiger partial charge in [-0.3, -0.25) is 14.4 Å². The average molecular weight is 544 g/mol. The third-order valence-corrected chi connectivity index (χ3v) is 5.36. The summed E-state index contributed by atoms with van der Waals surface area (Å²) < 4.78 is 5.15. The molecular formula is C26H49N5O7. The molecular weight excluding hydrogens is 494 g/mol. The second-order valence-electron chi connectivity index (χ2n) is 11.5. The fourth-order valence-electron chi connectivity index (χ4n) is 3.51. The fraction of sp³-hybridized carbons (Fsp3) is 0.808. The Hall–Kier alpha value is -2.89. The minimum absolute atomic E-state index is 0.0256. The third kappa shape index (κ3) is 16.1. The van der Waals surface area contributed by atoms with Gasteiger partial charge in [-0.05, 0) is 71.6 Å². The van der Waals surface area contributed by atoms with Crippen molar-refractivity contribution in [2.75, 3.05) is 6.54 Å². The van der Waals surface area contributed by atoms with Crippen molar-refractivity contribution in [3.63, 3.8) is 0 Å². The number of hydrogen-bond acceptors (Lipinski definition) is 7. The van der Waals surface area contributed by atoms with E-state index in [2.05, 4.69) is 21.3 Å². The molecule has 0 rings (SSSR count). The number of carboxylic acid groups (broad SMARTS) is 1. The molecule has 0 fully saturated rings. The number of carbonyl (C=O) groups is 5. The Bertz CT molecular complexity index is 795. The Morgan fingerprint density at radius 2 is 1.34 bits per heavy atom. The van der Waals surface area contributed by atoms with Crippen LogP contribution >= 0.6 is 0 Å². The van der Waals surface area contributed by atoms with Crippen molar-refractivity contribution in [3.8, 4) is 0 Å². The van der Waals surface area contributed by atoms with Gasteiger partial charge in [0.15, 0.2) is 0 Å². The second-order valence-corrected chi connectivity index (χ2v) is 11.5. The largest absolute Gasteiger partial charge is 0.480 e. The van der Waals surface area contributed by atoms with Gasteiger partial charge in [-0.1, -0.05) is 27.7 Å². The van der Waals surface area contributed by atoms with Crippen LogP contribution in [0.5, 0.6) is 0 Å². The van der Waals surface area contributed by atoms with Gasteiger partial charge >= 0.3 is 12.1 Å². The van der Waals surface area contributed by atoms with Crippen molar-refractivity contribution in [1.82, 2.24) is 21.3 Å². The molecule has 0 saturated heterocycles. The van der Waals surface area contributed by atoms with Gasteiger partial charge in [0.1, 0.15) is 23.7 Å². The molecule has 38 heavy (non-hydrogen) atoms. The predicted molar refractivity (Wildman–Crippen MR) is 144 cm³/mol. The maximum atomic E-state index is 12.9.